The smallest absolute Gasteiger partial charge is 0.310 e. The number of piperazine rings is 1. The molecule has 0 amide bonds. The van der Waals surface area contributed by atoms with Crippen LogP contribution in [-0.4, -0.2) is 59.6 Å². The summed E-state index contributed by atoms with van der Waals surface area (Å²) in [6, 6.07) is 4.72. The maximum atomic E-state index is 10.8. The lowest BCUT2D eigenvalue weighted by Gasteiger charge is -2.32. The van der Waals surface area contributed by atoms with Gasteiger partial charge in [-0.2, -0.15) is 0 Å². The third-order valence-corrected chi connectivity index (χ3v) is 3.81. The number of hydrogen-bond acceptors (Lipinski definition) is 5. The zero-order valence-electron chi connectivity index (χ0n) is 11.8. The van der Waals surface area contributed by atoms with Crippen molar-refractivity contribution in [3.05, 3.63) is 33.9 Å². The predicted molar refractivity (Wildman–Crippen MR) is 77.0 cm³/mol. The summed E-state index contributed by atoms with van der Waals surface area (Å²) in [5.41, 5.74) is 0.454. The van der Waals surface area contributed by atoms with E-state index >= 15 is 0 Å². The fourth-order valence-electron chi connectivity index (χ4n) is 2.49. The summed E-state index contributed by atoms with van der Waals surface area (Å²) in [7, 11) is 2.12. The average Bonchev–Trinajstić information content (AvgIpc) is 2.42. The van der Waals surface area contributed by atoms with E-state index in [2.05, 4.69) is 16.8 Å². The van der Waals surface area contributed by atoms with Gasteiger partial charge in [-0.1, -0.05) is 12.1 Å². The molecule has 6 nitrogen and oxygen atoms in total. The van der Waals surface area contributed by atoms with E-state index in [0.717, 1.165) is 39.1 Å². The number of aryl methyl sites for hydroxylation is 1. The van der Waals surface area contributed by atoms with Gasteiger partial charge < -0.3 is 14.9 Å². The first-order valence-electron chi connectivity index (χ1n) is 6.94. The highest BCUT2D eigenvalue weighted by molar-refractivity contribution is 5.50. The van der Waals surface area contributed by atoms with Crippen molar-refractivity contribution in [2.45, 2.75) is 12.8 Å². The van der Waals surface area contributed by atoms with Crippen LogP contribution in [0.2, 0.25) is 0 Å². The second-order valence-electron chi connectivity index (χ2n) is 5.29. The van der Waals surface area contributed by atoms with Crippen LogP contribution >= 0.6 is 0 Å². The number of benzene rings is 1. The molecule has 0 saturated carbocycles. The van der Waals surface area contributed by atoms with Crippen LogP contribution in [0.3, 0.4) is 0 Å². The lowest BCUT2D eigenvalue weighted by Crippen LogP contribution is -2.44. The summed E-state index contributed by atoms with van der Waals surface area (Å²) in [5.74, 6) is -0.184. The molecule has 0 spiro atoms. The van der Waals surface area contributed by atoms with Gasteiger partial charge in [0.25, 0.3) is 0 Å². The highest BCUT2D eigenvalue weighted by Gasteiger charge is 2.17. The van der Waals surface area contributed by atoms with Gasteiger partial charge in [0, 0.05) is 37.8 Å². The van der Waals surface area contributed by atoms with Crippen LogP contribution in [0.4, 0.5) is 5.69 Å². The van der Waals surface area contributed by atoms with E-state index in [-0.39, 0.29) is 11.4 Å². The van der Waals surface area contributed by atoms with Crippen LogP contribution in [0.1, 0.15) is 12.0 Å². The highest BCUT2D eigenvalue weighted by atomic mass is 16.6. The molecule has 1 aromatic carbocycles. The number of nitro groups is 1. The second-order valence-corrected chi connectivity index (χ2v) is 5.29. The lowest BCUT2D eigenvalue weighted by molar-refractivity contribution is -0.385. The van der Waals surface area contributed by atoms with Crippen molar-refractivity contribution in [1.82, 2.24) is 9.80 Å². The third-order valence-electron chi connectivity index (χ3n) is 3.81. The van der Waals surface area contributed by atoms with Crippen LogP contribution in [0, 0.1) is 10.1 Å². The van der Waals surface area contributed by atoms with Crippen molar-refractivity contribution < 1.29 is 10.0 Å². The molecule has 1 saturated heterocycles. The molecule has 0 bridgehead atoms. The molecule has 1 aliphatic heterocycles. The van der Waals surface area contributed by atoms with Gasteiger partial charge in [-0.3, -0.25) is 10.1 Å². The van der Waals surface area contributed by atoms with E-state index < -0.39 is 4.92 Å². The van der Waals surface area contributed by atoms with E-state index in [1.807, 2.05) is 0 Å². The normalized spacial score (nSPS) is 17.2. The summed E-state index contributed by atoms with van der Waals surface area (Å²) in [5, 5.41) is 20.6. The third kappa shape index (κ3) is 3.68. The van der Waals surface area contributed by atoms with Crippen LogP contribution < -0.4 is 0 Å². The summed E-state index contributed by atoms with van der Waals surface area (Å²) < 4.78 is 0. The summed E-state index contributed by atoms with van der Waals surface area (Å²) in [6.07, 6.45) is 1.57. The standard InChI is InChI=1S/C14H21N3O3/c1-15-8-10-16(11-9-15)7-3-5-12-4-2-6-13(14(12)18)17(19)20/h2,4,6,18H,3,5,7-11H2,1H3. The topological polar surface area (TPSA) is 69.9 Å². The summed E-state index contributed by atoms with van der Waals surface area (Å²) in [6.45, 7) is 5.27. The van der Waals surface area contributed by atoms with Crippen molar-refractivity contribution in [1.29, 1.82) is 0 Å². The van der Waals surface area contributed by atoms with Crippen molar-refractivity contribution >= 4 is 5.69 Å². The molecule has 1 aliphatic rings. The Morgan fingerprint density at radius 1 is 1.30 bits per heavy atom. The Balaban J connectivity index is 1.85. The Hall–Kier alpha value is -1.66. The largest absolute Gasteiger partial charge is 0.502 e. The van der Waals surface area contributed by atoms with Gasteiger partial charge in [-0.25, -0.2) is 0 Å². The molecule has 1 fully saturated rings. The van der Waals surface area contributed by atoms with Gasteiger partial charge in [-0.15, -0.1) is 0 Å². The fraction of sp³-hybridized carbons (Fsp3) is 0.571. The van der Waals surface area contributed by atoms with Crippen LogP contribution in [-0.2, 0) is 6.42 Å². The van der Waals surface area contributed by atoms with Gasteiger partial charge in [0.15, 0.2) is 5.75 Å². The Bertz CT molecular complexity index is 471. The highest BCUT2D eigenvalue weighted by Crippen LogP contribution is 2.29. The number of phenols is 1. The first kappa shape index (κ1) is 14.7. The Labute approximate surface area is 118 Å². The van der Waals surface area contributed by atoms with Crippen LogP contribution in [0.25, 0.3) is 0 Å². The molecule has 110 valence electrons. The quantitative estimate of drug-likeness (QED) is 0.653. The molecule has 2 rings (SSSR count). The molecule has 20 heavy (non-hydrogen) atoms. The first-order chi connectivity index (χ1) is 9.58. The zero-order chi connectivity index (χ0) is 14.5. The van der Waals surface area contributed by atoms with Crippen LogP contribution in [0.5, 0.6) is 5.75 Å². The summed E-state index contributed by atoms with van der Waals surface area (Å²) in [4.78, 5) is 14.9. The number of rotatable bonds is 5. The maximum absolute atomic E-state index is 10.8. The summed E-state index contributed by atoms with van der Waals surface area (Å²) >= 11 is 0. The number of phenolic OH excluding ortho intramolecular Hbond substituents is 1. The first-order valence-corrected chi connectivity index (χ1v) is 6.94. The monoisotopic (exact) mass is 279 g/mol. The number of likely N-dealkylation sites (N-methyl/N-ethyl adjacent to an activating group) is 1. The Morgan fingerprint density at radius 2 is 2.00 bits per heavy atom. The SMILES string of the molecule is CN1CCN(CCCc2cccc([N+](=O)[O-])c2O)CC1. The number of nitro benzene ring substituents is 1. The van der Waals surface area contributed by atoms with Crippen molar-refractivity contribution in [3.63, 3.8) is 0 Å². The van der Waals surface area contributed by atoms with Gasteiger partial charge >= 0.3 is 5.69 Å². The van der Waals surface area contributed by atoms with E-state index in [1.165, 1.54) is 6.07 Å². The molecule has 1 N–H and O–H groups in total. The average molecular weight is 279 g/mol. The molecular formula is C14H21N3O3. The minimum atomic E-state index is -0.542. The zero-order valence-corrected chi connectivity index (χ0v) is 11.8. The number of para-hydroxylation sites is 1. The minimum Gasteiger partial charge on any atom is -0.502 e. The van der Waals surface area contributed by atoms with Crippen molar-refractivity contribution in [2.24, 2.45) is 0 Å². The number of hydrogen-bond donors (Lipinski definition) is 1. The molecule has 6 heteroatoms. The van der Waals surface area contributed by atoms with Crippen LogP contribution in [0.15, 0.2) is 18.2 Å². The fourth-order valence-corrected chi connectivity index (χ4v) is 2.49. The minimum absolute atomic E-state index is 0.184. The number of nitrogens with zero attached hydrogens (tertiary/aromatic N) is 3. The molecule has 1 aromatic rings. The molecule has 0 aliphatic carbocycles. The lowest BCUT2D eigenvalue weighted by atomic mass is 10.1. The van der Waals surface area contributed by atoms with Gasteiger partial charge in [0.2, 0.25) is 0 Å². The second kappa shape index (κ2) is 6.67. The molecule has 0 atom stereocenters. The van der Waals surface area contributed by atoms with Gasteiger partial charge in [0.05, 0.1) is 4.92 Å². The molecule has 0 radical (unpaired) electrons. The molecule has 0 aromatic heterocycles. The molecule has 1 heterocycles. The molecule has 0 unspecified atom stereocenters. The van der Waals surface area contributed by atoms with Gasteiger partial charge in [0.1, 0.15) is 0 Å². The van der Waals surface area contributed by atoms with Crippen molar-refractivity contribution in [2.75, 3.05) is 39.8 Å². The van der Waals surface area contributed by atoms with Crippen molar-refractivity contribution in [3.8, 4) is 5.75 Å². The van der Waals surface area contributed by atoms with E-state index in [9.17, 15) is 15.2 Å². The maximum Gasteiger partial charge on any atom is 0.310 e. The Kier molecular flexibility index (Phi) is 4.92. The molecular weight excluding hydrogens is 258 g/mol. The van der Waals surface area contributed by atoms with Gasteiger partial charge in [-0.05, 0) is 26.4 Å². The number of aromatic hydroxyl groups is 1. The van der Waals surface area contributed by atoms with E-state index in [0.29, 0.717) is 12.0 Å². The van der Waals surface area contributed by atoms with E-state index in [4.69, 9.17) is 0 Å². The predicted octanol–water partition coefficient (Wildman–Crippen LogP) is 1.48. The Morgan fingerprint density at radius 3 is 2.65 bits per heavy atom. The van der Waals surface area contributed by atoms with E-state index in [1.54, 1.807) is 12.1 Å².